The number of carbonyl (C=O) groups is 1. The van der Waals surface area contributed by atoms with Crippen LogP contribution in [0.4, 0.5) is 0 Å². The number of amides is 1. The fourth-order valence-corrected chi connectivity index (χ4v) is 3.13. The van der Waals surface area contributed by atoms with E-state index in [4.69, 9.17) is 9.26 Å². The van der Waals surface area contributed by atoms with Crippen LogP contribution >= 0.6 is 0 Å². The summed E-state index contributed by atoms with van der Waals surface area (Å²) in [6, 6.07) is 15.2. The summed E-state index contributed by atoms with van der Waals surface area (Å²) in [4.78, 5) is 14.8. The highest BCUT2D eigenvalue weighted by Crippen LogP contribution is 2.29. The van der Waals surface area contributed by atoms with Crippen LogP contribution in [0, 0.1) is 0 Å². The zero-order chi connectivity index (χ0) is 17.8. The van der Waals surface area contributed by atoms with Crippen molar-refractivity contribution in [2.75, 3.05) is 39.4 Å². The molecule has 0 radical (unpaired) electrons. The summed E-state index contributed by atoms with van der Waals surface area (Å²) in [5.74, 6) is 0.601. The number of carbonyl (C=O) groups excluding carboxylic acids is 1. The zero-order valence-corrected chi connectivity index (χ0v) is 14.5. The first kappa shape index (κ1) is 16.8. The molecule has 1 fully saturated rings. The van der Waals surface area contributed by atoms with Gasteiger partial charge in [-0.15, -0.1) is 0 Å². The van der Waals surface area contributed by atoms with Crippen molar-refractivity contribution in [1.82, 2.24) is 15.4 Å². The molecule has 6 nitrogen and oxygen atoms in total. The van der Waals surface area contributed by atoms with Gasteiger partial charge in [-0.1, -0.05) is 35.5 Å². The van der Waals surface area contributed by atoms with E-state index in [9.17, 15) is 4.79 Å². The van der Waals surface area contributed by atoms with Crippen LogP contribution in [0.3, 0.4) is 0 Å². The van der Waals surface area contributed by atoms with Gasteiger partial charge in [0.25, 0.3) is 5.91 Å². The van der Waals surface area contributed by atoms with Crippen molar-refractivity contribution >= 4 is 16.8 Å². The van der Waals surface area contributed by atoms with Gasteiger partial charge in [0.05, 0.1) is 18.6 Å². The topological polar surface area (TPSA) is 67.6 Å². The number of aromatic nitrogens is 1. The molecular formula is C20H21N3O3. The molecule has 2 heterocycles. The molecule has 1 N–H and O–H groups in total. The lowest BCUT2D eigenvalue weighted by atomic mass is 10.1. The lowest BCUT2D eigenvalue weighted by Crippen LogP contribution is -2.41. The molecule has 134 valence electrons. The summed E-state index contributed by atoms with van der Waals surface area (Å²) in [5.41, 5.74) is 2.30. The van der Waals surface area contributed by atoms with Crippen molar-refractivity contribution < 1.29 is 14.1 Å². The molecule has 1 saturated heterocycles. The molecule has 1 aliphatic rings. The van der Waals surface area contributed by atoms with Crippen molar-refractivity contribution in [2.45, 2.75) is 0 Å². The molecule has 0 aliphatic carbocycles. The minimum atomic E-state index is -0.0830. The number of morpholine rings is 1. The number of ether oxygens (including phenoxy) is 1. The van der Waals surface area contributed by atoms with Crippen LogP contribution < -0.4 is 5.32 Å². The van der Waals surface area contributed by atoms with Crippen molar-refractivity contribution in [1.29, 1.82) is 0 Å². The fraction of sp³-hybridized carbons (Fsp3) is 0.300. The zero-order valence-electron chi connectivity index (χ0n) is 14.5. The average Bonchev–Trinajstić information content (AvgIpc) is 3.12. The summed E-state index contributed by atoms with van der Waals surface area (Å²) < 4.78 is 10.8. The Bertz CT molecular complexity index is 886. The molecule has 0 atom stereocenters. The Kier molecular flexibility index (Phi) is 4.95. The van der Waals surface area contributed by atoms with Gasteiger partial charge in [-0.2, -0.15) is 0 Å². The summed E-state index contributed by atoms with van der Waals surface area (Å²) in [6.07, 6.45) is 0. The normalized spacial score (nSPS) is 15.2. The van der Waals surface area contributed by atoms with Gasteiger partial charge in [0.1, 0.15) is 5.52 Å². The second-order valence-corrected chi connectivity index (χ2v) is 6.32. The van der Waals surface area contributed by atoms with E-state index < -0.39 is 0 Å². The number of rotatable bonds is 5. The van der Waals surface area contributed by atoms with Gasteiger partial charge in [-0.25, -0.2) is 0 Å². The SMILES string of the molecule is O=C(NCCN1CCOCC1)c1ccc2noc(-c3ccccc3)c2c1. The molecular weight excluding hydrogens is 330 g/mol. The summed E-state index contributed by atoms with van der Waals surface area (Å²) in [6.45, 7) is 4.82. The molecule has 2 aromatic carbocycles. The number of hydrogen-bond acceptors (Lipinski definition) is 5. The van der Waals surface area contributed by atoms with Crippen molar-refractivity contribution in [3.63, 3.8) is 0 Å². The first-order valence-corrected chi connectivity index (χ1v) is 8.84. The second kappa shape index (κ2) is 7.68. The molecule has 0 spiro atoms. The third-order valence-corrected chi connectivity index (χ3v) is 4.59. The Hall–Kier alpha value is -2.70. The summed E-state index contributed by atoms with van der Waals surface area (Å²) >= 11 is 0. The van der Waals surface area contributed by atoms with Gasteiger partial charge < -0.3 is 14.6 Å². The smallest absolute Gasteiger partial charge is 0.251 e. The van der Waals surface area contributed by atoms with Crippen molar-refractivity contribution in [3.05, 3.63) is 54.1 Å². The van der Waals surface area contributed by atoms with E-state index in [1.54, 1.807) is 6.07 Å². The molecule has 1 amide bonds. The lowest BCUT2D eigenvalue weighted by molar-refractivity contribution is 0.0383. The highest BCUT2D eigenvalue weighted by molar-refractivity contribution is 6.00. The predicted molar refractivity (Wildman–Crippen MR) is 99.0 cm³/mol. The van der Waals surface area contributed by atoms with Gasteiger partial charge in [-0.3, -0.25) is 9.69 Å². The van der Waals surface area contributed by atoms with E-state index in [-0.39, 0.29) is 5.91 Å². The van der Waals surface area contributed by atoms with E-state index >= 15 is 0 Å². The Labute approximate surface area is 151 Å². The third kappa shape index (κ3) is 3.61. The van der Waals surface area contributed by atoms with Crippen LogP contribution in [0.2, 0.25) is 0 Å². The minimum Gasteiger partial charge on any atom is -0.379 e. The molecule has 6 heteroatoms. The van der Waals surface area contributed by atoms with Crippen LogP contribution in [-0.2, 0) is 4.74 Å². The Morgan fingerprint density at radius 1 is 1.12 bits per heavy atom. The summed E-state index contributed by atoms with van der Waals surface area (Å²) in [5, 5.41) is 7.93. The van der Waals surface area contributed by atoms with Crippen LogP contribution in [-0.4, -0.2) is 55.4 Å². The monoisotopic (exact) mass is 351 g/mol. The lowest BCUT2D eigenvalue weighted by Gasteiger charge is -2.26. The first-order chi connectivity index (χ1) is 12.8. The largest absolute Gasteiger partial charge is 0.379 e. The van der Waals surface area contributed by atoms with Crippen molar-refractivity contribution in [2.24, 2.45) is 0 Å². The van der Waals surface area contributed by atoms with Crippen molar-refractivity contribution in [3.8, 4) is 11.3 Å². The Morgan fingerprint density at radius 3 is 2.73 bits per heavy atom. The minimum absolute atomic E-state index is 0.0830. The van der Waals surface area contributed by atoms with E-state index in [2.05, 4.69) is 15.4 Å². The highest BCUT2D eigenvalue weighted by Gasteiger charge is 2.14. The van der Waals surface area contributed by atoms with E-state index in [0.29, 0.717) is 17.9 Å². The molecule has 0 bridgehead atoms. The molecule has 1 aliphatic heterocycles. The van der Waals surface area contributed by atoms with Crippen LogP contribution in [0.1, 0.15) is 10.4 Å². The van der Waals surface area contributed by atoms with Crippen LogP contribution in [0.5, 0.6) is 0 Å². The van der Waals surface area contributed by atoms with Gasteiger partial charge in [0, 0.05) is 37.3 Å². The number of hydrogen-bond donors (Lipinski definition) is 1. The number of fused-ring (bicyclic) bond motifs is 1. The van der Waals surface area contributed by atoms with Gasteiger partial charge in [-0.05, 0) is 18.2 Å². The Balaban J connectivity index is 1.47. The standard InChI is InChI=1S/C20H21N3O3/c24-20(21-8-9-23-10-12-25-13-11-23)16-6-7-18-17(14-16)19(26-22-18)15-4-2-1-3-5-15/h1-7,14H,8-13H2,(H,21,24). The molecule has 0 saturated carbocycles. The quantitative estimate of drug-likeness (QED) is 0.765. The van der Waals surface area contributed by atoms with Gasteiger partial charge >= 0.3 is 0 Å². The number of benzene rings is 2. The molecule has 4 rings (SSSR count). The van der Waals surface area contributed by atoms with Crippen LogP contribution in [0.25, 0.3) is 22.2 Å². The number of nitrogens with zero attached hydrogens (tertiary/aromatic N) is 2. The maximum atomic E-state index is 12.5. The maximum Gasteiger partial charge on any atom is 0.251 e. The maximum absolute atomic E-state index is 12.5. The molecule has 26 heavy (non-hydrogen) atoms. The predicted octanol–water partition coefficient (Wildman–Crippen LogP) is 2.56. The fourth-order valence-electron chi connectivity index (χ4n) is 3.13. The molecule has 0 unspecified atom stereocenters. The molecule has 1 aromatic heterocycles. The van der Waals surface area contributed by atoms with Crippen LogP contribution in [0.15, 0.2) is 53.1 Å². The van der Waals surface area contributed by atoms with Gasteiger partial charge in [0.2, 0.25) is 0 Å². The summed E-state index contributed by atoms with van der Waals surface area (Å²) in [7, 11) is 0. The first-order valence-electron chi connectivity index (χ1n) is 8.84. The van der Waals surface area contributed by atoms with E-state index in [1.165, 1.54) is 0 Å². The van der Waals surface area contributed by atoms with Gasteiger partial charge in [0.15, 0.2) is 5.76 Å². The third-order valence-electron chi connectivity index (χ3n) is 4.59. The highest BCUT2D eigenvalue weighted by atomic mass is 16.5. The van der Waals surface area contributed by atoms with E-state index in [0.717, 1.165) is 49.3 Å². The Morgan fingerprint density at radius 2 is 1.92 bits per heavy atom. The van der Waals surface area contributed by atoms with E-state index in [1.807, 2.05) is 42.5 Å². The second-order valence-electron chi connectivity index (χ2n) is 6.32. The molecule has 3 aromatic rings. The number of nitrogens with one attached hydrogen (secondary N) is 1. The average molecular weight is 351 g/mol.